The minimum Gasteiger partial charge on any atom is -0.494 e. The Hall–Kier alpha value is -3.85. The number of ether oxygens (including phenoxy) is 1. The minimum atomic E-state index is -4.12. The number of carbonyl (C=O) groups is 2. The molecule has 39 heavy (non-hydrogen) atoms. The maximum atomic E-state index is 14.0. The molecule has 1 atom stereocenters. The number of nitrogens with one attached hydrogen (secondary N) is 1. The van der Waals surface area contributed by atoms with E-state index in [0.29, 0.717) is 24.5 Å². The van der Waals surface area contributed by atoms with Gasteiger partial charge in [0.15, 0.2) is 0 Å². The Morgan fingerprint density at radius 2 is 1.59 bits per heavy atom. The van der Waals surface area contributed by atoms with Crippen molar-refractivity contribution in [3.63, 3.8) is 0 Å². The van der Waals surface area contributed by atoms with E-state index in [-0.39, 0.29) is 17.3 Å². The molecule has 8 nitrogen and oxygen atoms in total. The fraction of sp³-hybridized carbons (Fsp3) is 0.333. The fourth-order valence-electron chi connectivity index (χ4n) is 4.33. The number of sulfonamides is 1. The maximum Gasteiger partial charge on any atom is 0.264 e. The lowest BCUT2D eigenvalue weighted by atomic mass is 10.1. The molecule has 0 spiro atoms. The number of hydrogen-bond donors (Lipinski definition) is 1. The van der Waals surface area contributed by atoms with Crippen LogP contribution < -0.4 is 14.4 Å². The monoisotopic (exact) mass is 551 g/mol. The molecular formula is C30H37N3O5S. The van der Waals surface area contributed by atoms with E-state index < -0.39 is 28.5 Å². The van der Waals surface area contributed by atoms with Gasteiger partial charge in [-0.05, 0) is 69.2 Å². The normalized spacial score (nSPS) is 11.9. The minimum absolute atomic E-state index is 0.0679. The Labute approximate surface area is 231 Å². The standard InChI is InChI=1S/C30H37N3O5S/c1-6-28(30(35)31-5)32(20-24-10-8-9-23(4)19-24)29(34)21-33(25-13-15-26(16-14-25)38-7-2)39(36,37)27-17-11-22(3)12-18-27/h8-19,28H,6-7,20-21H2,1-5H3,(H,31,35)/t28-/m1/s1. The molecule has 0 saturated heterocycles. The number of amides is 2. The predicted molar refractivity (Wildman–Crippen MR) is 153 cm³/mol. The lowest BCUT2D eigenvalue weighted by Crippen LogP contribution is -2.51. The van der Waals surface area contributed by atoms with Gasteiger partial charge in [0, 0.05) is 13.6 Å². The molecule has 3 aromatic carbocycles. The van der Waals surface area contributed by atoms with E-state index in [1.807, 2.05) is 52.0 Å². The van der Waals surface area contributed by atoms with E-state index in [1.165, 1.54) is 24.1 Å². The molecule has 0 aliphatic rings. The van der Waals surface area contributed by atoms with Gasteiger partial charge in [-0.2, -0.15) is 0 Å². The smallest absolute Gasteiger partial charge is 0.264 e. The first-order chi connectivity index (χ1) is 18.6. The highest BCUT2D eigenvalue weighted by molar-refractivity contribution is 7.92. The molecule has 0 radical (unpaired) electrons. The van der Waals surface area contributed by atoms with Gasteiger partial charge in [0.05, 0.1) is 17.2 Å². The molecule has 9 heteroatoms. The number of rotatable bonds is 12. The summed E-state index contributed by atoms with van der Waals surface area (Å²) >= 11 is 0. The van der Waals surface area contributed by atoms with Crippen LogP contribution in [-0.2, 0) is 26.2 Å². The van der Waals surface area contributed by atoms with Crippen LogP contribution >= 0.6 is 0 Å². The van der Waals surface area contributed by atoms with Crippen molar-refractivity contribution in [1.29, 1.82) is 0 Å². The number of aryl methyl sites for hydroxylation is 2. The Balaban J connectivity index is 2.06. The predicted octanol–water partition coefficient (Wildman–Crippen LogP) is 4.45. The zero-order chi connectivity index (χ0) is 28.6. The zero-order valence-electron chi connectivity index (χ0n) is 23.2. The van der Waals surface area contributed by atoms with Gasteiger partial charge in [-0.25, -0.2) is 8.42 Å². The van der Waals surface area contributed by atoms with Gasteiger partial charge < -0.3 is 15.0 Å². The van der Waals surface area contributed by atoms with Gasteiger partial charge in [-0.3, -0.25) is 13.9 Å². The Morgan fingerprint density at radius 1 is 0.923 bits per heavy atom. The van der Waals surface area contributed by atoms with Crippen molar-refractivity contribution in [1.82, 2.24) is 10.2 Å². The van der Waals surface area contributed by atoms with Crippen LogP contribution in [0.15, 0.2) is 77.7 Å². The summed E-state index contributed by atoms with van der Waals surface area (Å²) in [5, 5.41) is 2.63. The van der Waals surface area contributed by atoms with Crippen molar-refractivity contribution in [2.24, 2.45) is 0 Å². The number of benzene rings is 3. The largest absolute Gasteiger partial charge is 0.494 e. The van der Waals surface area contributed by atoms with Crippen LogP contribution in [0.4, 0.5) is 5.69 Å². The fourth-order valence-corrected chi connectivity index (χ4v) is 5.75. The topological polar surface area (TPSA) is 96.0 Å². The van der Waals surface area contributed by atoms with Gasteiger partial charge in [0.2, 0.25) is 11.8 Å². The summed E-state index contributed by atoms with van der Waals surface area (Å²) in [6, 6.07) is 20.0. The molecule has 0 heterocycles. The molecule has 0 aromatic heterocycles. The molecule has 208 valence electrons. The van der Waals surface area contributed by atoms with Crippen LogP contribution in [0.2, 0.25) is 0 Å². The summed E-state index contributed by atoms with van der Waals surface area (Å²) < 4.78 is 34.4. The molecule has 0 saturated carbocycles. The van der Waals surface area contributed by atoms with Crippen molar-refractivity contribution < 1.29 is 22.7 Å². The molecule has 0 fully saturated rings. The molecule has 0 aliphatic carbocycles. The van der Waals surface area contributed by atoms with Gasteiger partial charge in [0.25, 0.3) is 10.0 Å². The molecule has 3 aromatic rings. The second-order valence-corrected chi connectivity index (χ2v) is 11.2. The number of anilines is 1. The van der Waals surface area contributed by atoms with Crippen LogP contribution in [0.25, 0.3) is 0 Å². The second kappa shape index (κ2) is 13.3. The van der Waals surface area contributed by atoms with Crippen molar-refractivity contribution in [2.45, 2.75) is 51.6 Å². The summed E-state index contributed by atoms with van der Waals surface area (Å²) in [6.07, 6.45) is 0.366. The van der Waals surface area contributed by atoms with Crippen LogP contribution in [0, 0.1) is 13.8 Å². The van der Waals surface area contributed by atoms with Crippen molar-refractivity contribution in [3.8, 4) is 5.75 Å². The molecule has 0 unspecified atom stereocenters. The highest BCUT2D eigenvalue weighted by Crippen LogP contribution is 2.27. The number of nitrogens with zero attached hydrogens (tertiary/aromatic N) is 2. The Bertz CT molecular complexity index is 1370. The summed E-state index contributed by atoms with van der Waals surface area (Å²) in [4.78, 5) is 28.3. The summed E-state index contributed by atoms with van der Waals surface area (Å²) in [5.41, 5.74) is 3.10. The van der Waals surface area contributed by atoms with Gasteiger partial charge in [0.1, 0.15) is 18.3 Å². The molecular weight excluding hydrogens is 514 g/mol. The molecule has 2 amide bonds. The van der Waals surface area contributed by atoms with Crippen LogP contribution in [0.5, 0.6) is 5.75 Å². The van der Waals surface area contributed by atoms with Gasteiger partial charge in [-0.1, -0.05) is 54.4 Å². The van der Waals surface area contributed by atoms with E-state index in [9.17, 15) is 18.0 Å². The van der Waals surface area contributed by atoms with Gasteiger partial charge >= 0.3 is 0 Å². The maximum absolute atomic E-state index is 14.0. The third-order valence-electron chi connectivity index (χ3n) is 6.39. The lowest BCUT2D eigenvalue weighted by Gasteiger charge is -2.33. The number of carbonyl (C=O) groups excluding carboxylic acids is 2. The molecule has 3 rings (SSSR count). The lowest BCUT2D eigenvalue weighted by molar-refractivity contribution is -0.140. The first kappa shape index (κ1) is 29.7. The van der Waals surface area contributed by atoms with Crippen LogP contribution in [-0.4, -0.2) is 51.4 Å². The first-order valence-electron chi connectivity index (χ1n) is 13.0. The summed E-state index contributed by atoms with van der Waals surface area (Å²) in [7, 11) is -2.60. The molecule has 0 aliphatic heterocycles. The number of hydrogen-bond acceptors (Lipinski definition) is 5. The van der Waals surface area contributed by atoms with E-state index >= 15 is 0 Å². The highest BCUT2D eigenvalue weighted by Gasteiger charge is 2.33. The third kappa shape index (κ3) is 7.38. The Morgan fingerprint density at radius 3 is 2.15 bits per heavy atom. The van der Waals surface area contributed by atoms with Crippen molar-refractivity contribution in [2.75, 3.05) is 24.5 Å². The van der Waals surface area contributed by atoms with Gasteiger partial charge in [-0.15, -0.1) is 0 Å². The van der Waals surface area contributed by atoms with E-state index in [0.717, 1.165) is 21.0 Å². The molecule has 0 bridgehead atoms. The van der Waals surface area contributed by atoms with E-state index in [4.69, 9.17) is 4.74 Å². The first-order valence-corrected chi connectivity index (χ1v) is 14.4. The summed E-state index contributed by atoms with van der Waals surface area (Å²) in [5.74, 6) is -0.212. The SMILES string of the molecule is CCOc1ccc(N(CC(=O)N(Cc2cccc(C)c2)[C@H](CC)C(=O)NC)S(=O)(=O)c2ccc(C)cc2)cc1. The van der Waals surface area contributed by atoms with Crippen molar-refractivity contribution in [3.05, 3.63) is 89.5 Å². The van der Waals surface area contributed by atoms with E-state index in [1.54, 1.807) is 36.4 Å². The zero-order valence-corrected chi connectivity index (χ0v) is 24.0. The second-order valence-electron chi connectivity index (χ2n) is 9.30. The quantitative estimate of drug-likeness (QED) is 0.359. The van der Waals surface area contributed by atoms with Crippen molar-refractivity contribution >= 4 is 27.5 Å². The average molecular weight is 552 g/mol. The van der Waals surface area contributed by atoms with Crippen LogP contribution in [0.1, 0.15) is 37.0 Å². The Kier molecular flexibility index (Phi) is 10.1. The van der Waals surface area contributed by atoms with E-state index in [2.05, 4.69) is 5.32 Å². The van der Waals surface area contributed by atoms with Crippen LogP contribution in [0.3, 0.4) is 0 Å². The average Bonchev–Trinajstić information content (AvgIpc) is 2.92. The molecule has 1 N–H and O–H groups in total. The highest BCUT2D eigenvalue weighted by atomic mass is 32.2. The third-order valence-corrected chi connectivity index (χ3v) is 8.18. The number of likely N-dealkylation sites (N-methyl/N-ethyl adjacent to an activating group) is 1. The summed E-state index contributed by atoms with van der Waals surface area (Å²) in [6.45, 7) is 7.65.